The largest absolute Gasteiger partial charge is 0.492 e. The fourth-order valence-corrected chi connectivity index (χ4v) is 3.55. The van der Waals surface area contributed by atoms with E-state index in [0.29, 0.717) is 12.1 Å². The second kappa shape index (κ2) is 6.77. The van der Waals surface area contributed by atoms with Gasteiger partial charge in [0.1, 0.15) is 12.4 Å². The van der Waals surface area contributed by atoms with E-state index >= 15 is 0 Å². The Morgan fingerprint density at radius 3 is 2.76 bits per heavy atom. The van der Waals surface area contributed by atoms with Crippen LogP contribution in [-0.2, 0) is 4.74 Å². The second-order valence-electron chi connectivity index (χ2n) is 6.18. The molecule has 0 spiro atoms. The number of hydrogen-bond acceptors (Lipinski definition) is 4. The van der Waals surface area contributed by atoms with E-state index in [0.717, 1.165) is 38.0 Å². The van der Waals surface area contributed by atoms with E-state index in [4.69, 9.17) is 9.47 Å². The molecule has 1 aromatic carbocycles. The van der Waals surface area contributed by atoms with Crippen LogP contribution in [0.1, 0.15) is 24.4 Å². The highest BCUT2D eigenvalue weighted by atomic mass is 16.5. The summed E-state index contributed by atoms with van der Waals surface area (Å²) < 4.78 is 11.4. The lowest BCUT2D eigenvalue weighted by molar-refractivity contribution is 0.0374. The van der Waals surface area contributed by atoms with E-state index in [1.54, 1.807) is 0 Å². The average molecular weight is 290 g/mol. The topological polar surface area (TPSA) is 33.7 Å². The van der Waals surface area contributed by atoms with Crippen molar-refractivity contribution in [2.45, 2.75) is 24.9 Å². The predicted octanol–water partition coefficient (Wildman–Crippen LogP) is 2.07. The summed E-state index contributed by atoms with van der Waals surface area (Å²) in [4.78, 5) is 2.47. The van der Waals surface area contributed by atoms with Crippen LogP contribution in [0.15, 0.2) is 24.3 Å². The number of benzene rings is 1. The molecule has 1 aromatic rings. The average Bonchev–Trinajstić information content (AvgIpc) is 2.54. The highest BCUT2D eigenvalue weighted by molar-refractivity contribution is 5.38. The fourth-order valence-electron chi connectivity index (χ4n) is 3.55. The van der Waals surface area contributed by atoms with Crippen molar-refractivity contribution in [2.75, 3.05) is 40.5 Å². The van der Waals surface area contributed by atoms with Crippen LogP contribution < -0.4 is 10.1 Å². The minimum atomic E-state index is 0.333. The number of rotatable bonds is 4. The number of para-hydroxylation sites is 1. The van der Waals surface area contributed by atoms with Crippen molar-refractivity contribution in [2.24, 2.45) is 5.92 Å². The minimum absolute atomic E-state index is 0.333. The van der Waals surface area contributed by atoms with E-state index in [1.807, 2.05) is 13.1 Å². The Balaban J connectivity index is 1.69. The van der Waals surface area contributed by atoms with Gasteiger partial charge in [-0.1, -0.05) is 18.2 Å². The highest BCUT2D eigenvalue weighted by Crippen LogP contribution is 2.34. The number of likely N-dealkylation sites (N-methyl/N-ethyl adjacent to an activating group) is 2. The van der Waals surface area contributed by atoms with Gasteiger partial charge in [0, 0.05) is 25.3 Å². The van der Waals surface area contributed by atoms with Gasteiger partial charge < -0.3 is 14.8 Å². The van der Waals surface area contributed by atoms with E-state index in [1.165, 1.54) is 18.4 Å². The molecular formula is C17H26N2O2. The SMILES string of the molecule is CNC1c2ccccc2OCC1N(C)CC1CCOCC1. The Hall–Kier alpha value is -1.10. The van der Waals surface area contributed by atoms with Crippen molar-refractivity contribution < 1.29 is 9.47 Å². The molecule has 2 heterocycles. The summed E-state index contributed by atoms with van der Waals surface area (Å²) in [5.74, 6) is 1.77. The zero-order valence-corrected chi connectivity index (χ0v) is 13.0. The van der Waals surface area contributed by atoms with Gasteiger partial charge in [-0.05, 0) is 38.9 Å². The van der Waals surface area contributed by atoms with Crippen molar-refractivity contribution in [3.63, 3.8) is 0 Å². The van der Waals surface area contributed by atoms with Crippen molar-refractivity contribution >= 4 is 0 Å². The first-order chi connectivity index (χ1) is 10.3. The third kappa shape index (κ3) is 3.23. The van der Waals surface area contributed by atoms with Gasteiger partial charge in [0.05, 0.1) is 12.1 Å². The molecule has 2 atom stereocenters. The third-order valence-electron chi connectivity index (χ3n) is 4.81. The van der Waals surface area contributed by atoms with Gasteiger partial charge in [0.15, 0.2) is 0 Å². The first kappa shape index (κ1) is 14.8. The molecule has 2 unspecified atom stereocenters. The Morgan fingerprint density at radius 1 is 1.24 bits per heavy atom. The first-order valence-corrected chi connectivity index (χ1v) is 7.96. The Labute approximate surface area is 127 Å². The summed E-state index contributed by atoms with van der Waals surface area (Å²) in [6, 6.07) is 9.08. The van der Waals surface area contributed by atoms with Gasteiger partial charge in [-0.2, -0.15) is 0 Å². The molecule has 0 bridgehead atoms. The lowest BCUT2D eigenvalue weighted by atomic mass is 9.93. The Bertz CT molecular complexity index is 460. The molecule has 21 heavy (non-hydrogen) atoms. The van der Waals surface area contributed by atoms with Crippen LogP contribution in [-0.4, -0.2) is 51.4 Å². The molecule has 1 N–H and O–H groups in total. The zero-order valence-electron chi connectivity index (χ0n) is 13.0. The van der Waals surface area contributed by atoms with E-state index in [2.05, 4.69) is 35.5 Å². The molecule has 116 valence electrons. The molecule has 0 aliphatic carbocycles. The first-order valence-electron chi connectivity index (χ1n) is 7.96. The smallest absolute Gasteiger partial charge is 0.124 e. The maximum Gasteiger partial charge on any atom is 0.124 e. The number of nitrogens with zero attached hydrogens (tertiary/aromatic N) is 1. The summed E-state index contributed by atoms with van der Waals surface area (Å²) >= 11 is 0. The minimum Gasteiger partial charge on any atom is -0.492 e. The number of hydrogen-bond donors (Lipinski definition) is 1. The Morgan fingerprint density at radius 2 is 2.00 bits per heavy atom. The summed E-state index contributed by atoms with van der Waals surface area (Å²) in [5.41, 5.74) is 1.27. The van der Waals surface area contributed by atoms with Crippen molar-refractivity contribution in [1.29, 1.82) is 0 Å². The van der Waals surface area contributed by atoms with Crippen LogP contribution in [0.3, 0.4) is 0 Å². The van der Waals surface area contributed by atoms with Crippen LogP contribution in [0.4, 0.5) is 0 Å². The summed E-state index contributed by atoms with van der Waals surface area (Å²) in [7, 11) is 4.27. The van der Waals surface area contributed by atoms with Crippen molar-refractivity contribution in [3.8, 4) is 5.75 Å². The predicted molar refractivity (Wildman–Crippen MR) is 83.7 cm³/mol. The van der Waals surface area contributed by atoms with Crippen LogP contribution in [0.2, 0.25) is 0 Å². The van der Waals surface area contributed by atoms with Crippen LogP contribution >= 0.6 is 0 Å². The summed E-state index contributed by atoms with van der Waals surface area (Å²) in [5, 5.41) is 3.48. The standard InChI is InChI=1S/C17H26N2O2/c1-18-17-14-5-3-4-6-16(14)21-12-15(17)19(2)11-13-7-9-20-10-8-13/h3-6,13,15,17-18H,7-12H2,1-2H3. The van der Waals surface area contributed by atoms with E-state index in [-0.39, 0.29) is 0 Å². The lowest BCUT2D eigenvalue weighted by Gasteiger charge is -2.40. The maximum absolute atomic E-state index is 5.97. The molecule has 3 rings (SSSR count). The third-order valence-corrected chi connectivity index (χ3v) is 4.81. The highest BCUT2D eigenvalue weighted by Gasteiger charge is 2.33. The molecule has 0 radical (unpaired) electrons. The van der Waals surface area contributed by atoms with Gasteiger partial charge >= 0.3 is 0 Å². The second-order valence-corrected chi connectivity index (χ2v) is 6.18. The molecule has 2 aliphatic rings. The van der Waals surface area contributed by atoms with Crippen LogP contribution in [0.25, 0.3) is 0 Å². The number of ether oxygens (including phenoxy) is 2. The van der Waals surface area contributed by atoms with Crippen molar-refractivity contribution in [3.05, 3.63) is 29.8 Å². The molecule has 0 aromatic heterocycles. The molecule has 2 aliphatic heterocycles. The summed E-state index contributed by atoms with van der Waals surface area (Å²) in [6.45, 7) is 3.70. The van der Waals surface area contributed by atoms with Gasteiger partial charge in [0.25, 0.3) is 0 Å². The van der Waals surface area contributed by atoms with Gasteiger partial charge in [-0.3, -0.25) is 4.90 Å². The monoisotopic (exact) mass is 290 g/mol. The quantitative estimate of drug-likeness (QED) is 0.920. The lowest BCUT2D eigenvalue weighted by Crippen LogP contribution is -2.49. The van der Waals surface area contributed by atoms with Crippen molar-refractivity contribution in [1.82, 2.24) is 10.2 Å². The van der Waals surface area contributed by atoms with E-state index < -0.39 is 0 Å². The van der Waals surface area contributed by atoms with Crippen LogP contribution in [0.5, 0.6) is 5.75 Å². The summed E-state index contributed by atoms with van der Waals surface area (Å²) in [6.07, 6.45) is 2.36. The van der Waals surface area contributed by atoms with Gasteiger partial charge in [-0.25, -0.2) is 0 Å². The van der Waals surface area contributed by atoms with Gasteiger partial charge in [0.2, 0.25) is 0 Å². The normalized spacial score (nSPS) is 26.4. The molecule has 0 saturated carbocycles. The molecule has 4 nitrogen and oxygen atoms in total. The fraction of sp³-hybridized carbons (Fsp3) is 0.647. The molecular weight excluding hydrogens is 264 g/mol. The number of fused-ring (bicyclic) bond motifs is 1. The maximum atomic E-state index is 5.97. The number of nitrogens with one attached hydrogen (secondary N) is 1. The molecule has 1 saturated heterocycles. The zero-order chi connectivity index (χ0) is 14.7. The van der Waals surface area contributed by atoms with Gasteiger partial charge in [-0.15, -0.1) is 0 Å². The van der Waals surface area contributed by atoms with Crippen LogP contribution in [0, 0.1) is 5.92 Å². The Kier molecular flexibility index (Phi) is 4.78. The van der Waals surface area contributed by atoms with E-state index in [9.17, 15) is 0 Å². The molecule has 1 fully saturated rings. The molecule has 4 heteroatoms. The molecule has 0 amide bonds.